The number of primary sulfonamides is 1. The summed E-state index contributed by atoms with van der Waals surface area (Å²) in [4.78, 5) is 11.6. The molecule has 6 nitrogen and oxygen atoms in total. The van der Waals surface area contributed by atoms with Crippen molar-refractivity contribution in [3.63, 3.8) is 0 Å². The molecule has 31 heavy (non-hydrogen) atoms. The van der Waals surface area contributed by atoms with Gasteiger partial charge in [-0.25, -0.2) is 22.3 Å². The first-order chi connectivity index (χ1) is 14.5. The molecule has 0 radical (unpaired) electrons. The van der Waals surface area contributed by atoms with Gasteiger partial charge in [-0.05, 0) is 48.0 Å². The molecule has 0 aliphatic rings. The number of sulfonamides is 1. The van der Waals surface area contributed by atoms with Crippen LogP contribution in [0.25, 0.3) is 0 Å². The Morgan fingerprint density at radius 2 is 1.81 bits per heavy atom. The SMILES string of the molecule is NS(=O)(=O)c1cc(NC(=O)Cc2cc(F)ccc2Cl)cc(F)c1Oc1cccc(Cl)c1. The Balaban J connectivity index is 1.91. The second kappa shape index (κ2) is 9.19. The number of benzene rings is 3. The molecule has 0 fully saturated rings. The van der Waals surface area contributed by atoms with E-state index in [0.29, 0.717) is 0 Å². The highest BCUT2D eigenvalue weighted by Crippen LogP contribution is 2.34. The molecule has 3 N–H and O–H groups in total. The smallest absolute Gasteiger partial charge is 0.241 e. The van der Waals surface area contributed by atoms with E-state index in [1.807, 2.05) is 0 Å². The molecule has 3 aromatic carbocycles. The molecule has 0 aliphatic carbocycles. The number of amides is 1. The van der Waals surface area contributed by atoms with E-state index < -0.39 is 38.2 Å². The number of hydrogen-bond acceptors (Lipinski definition) is 4. The van der Waals surface area contributed by atoms with Crippen LogP contribution in [0.5, 0.6) is 11.5 Å². The maximum absolute atomic E-state index is 14.7. The maximum atomic E-state index is 14.7. The summed E-state index contributed by atoms with van der Waals surface area (Å²) in [7, 11) is -4.44. The van der Waals surface area contributed by atoms with Gasteiger partial charge < -0.3 is 10.1 Å². The van der Waals surface area contributed by atoms with Crippen molar-refractivity contribution < 1.29 is 26.7 Å². The van der Waals surface area contributed by atoms with Crippen molar-refractivity contribution in [1.82, 2.24) is 0 Å². The minimum absolute atomic E-state index is 0.0776. The molecule has 0 aliphatic heterocycles. The van der Waals surface area contributed by atoms with E-state index in [1.165, 1.54) is 24.3 Å². The van der Waals surface area contributed by atoms with Crippen molar-refractivity contribution in [3.8, 4) is 11.5 Å². The molecule has 3 rings (SSSR count). The van der Waals surface area contributed by atoms with Crippen molar-refractivity contribution in [2.75, 3.05) is 5.32 Å². The normalized spacial score (nSPS) is 11.3. The summed E-state index contributed by atoms with van der Waals surface area (Å²) in [5.41, 5.74) is 0.00436. The fourth-order valence-corrected chi connectivity index (χ4v) is 3.71. The Hall–Kier alpha value is -2.72. The minimum Gasteiger partial charge on any atom is -0.453 e. The Kier molecular flexibility index (Phi) is 6.80. The van der Waals surface area contributed by atoms with E-state index in [9.17, 15) is 22.0 Å². The van der Waals surface area contributed by atoms with Gasteiger partial charge in [-0.3, -0.25) is 4.79 Å². The zero-order valence-corrected chi connectivity index (χ0v) is 17.9. The van der Waals surface area contributed by atoms with Crippen molar-refractivity contribution in [2.45, 2.75) is 11.3 Å². The first-order valence-corrected chi connectivity index (χ1v) is 10.9. The Labute approximate surface area is 186 Å². The van der Waals surface area contributed by atoms with Crippen LogP contribution in [0.15, 0.2) is 59.5 Å². The maximum Gasteiger partial charge on any atom is 0.241 e. The number of carbonyl (C=O) groups excluding carboxylic acids is 1. The van der Waals surface area contributed by atoms with E-state index in [4.69, 9.17) is 33.1 Å². The average Bonchev–Trinajstić information content (AvgIpc) is 2.66. The van der Waals surface area contributed by atoms with Crippen LogP contribution in [-0.4, -0.2) is 14.3 Å². The van der Waals surface area contributed by atoms with Crippen molar-refractivity contribution in [2.24, 2.45) is 5.14 Å². The van der Waals surface area contributed by atoms with E-state index in [-0.39, 0.29) is 33.5 Å². The molecule has 162 valence electrons. The van der Waals surface area contributed by atoms with Crippen LogP contribution in [-0.2, 0) is 21.2 Å². The van der Waals surface area contributed by atoms with Crippen LogP contribution in [0.2, 0.25) is 10.0 Å². The highest BCUT2D eigenvalue weighted by Gasteiger charge is 2.23. The molecule has 0 aromatic heterocycles. The van der Waals surface area contributed by atoms with Gasteiger partial charge in [0, 0.05) is 21.8 Å². The standard InChI is InChI=1S/C20H14Cl2F2N2O4S/c21-12-2-1-3-15(8-12)30-20-17(24)9-14(10-18(20)31(25,28)29)26-19(27)7-11-6-13(23)4-5-16(11)22/h1-6,8-10H,7H2,(H,26,27)(H2,25,28,29). The Bertz CT molecular complexity index is 1270. The molecule has 0 spiro atoms. The van der Waals surface area contributed by atoms with Crippen LogP contribution in [0.3, 0.4) is 0 Å². The number of rotatable bonds is 6. The molecule has 0 atom stereocenters. The average molecular weight is 487 g/mol. The summed E-state index contributed by atoms with van der Waals surface area (Å²) in [6.07, 6.45) is -0.330. The van der Waals surface area contributed by atoms with E-state index in [0.717, 1.165) is 24.3 Å². The minimum atomic E-state index is -4.44. The predicted octanol–water partition coefficient (Wildman–Crippen LogP) is 4.89. The number of hydrogen-bond donors (Lipinski definition) is 2. The summed E-state index contributed by atoms with van der Waals surface area (Å²) in [5.74, 6) is -2.94. The number of carbonyl (C=O) groups is 1. The van der Waals surface area contributed by atoms with Crippen LogP contribution < -0.4 is 15.2 Å². The van der Waals surface area contributed by atoms with E-state index >= 15 is 0 Å². The van der Waals surface area contributed by atoms with Crippen molar-refractivity contribution >= 4 is 44.8 Å². The third-order valence-electron chi connectivity index (χ3n) is 3.97. The lowest BCUT2D eigenvalue weighted by Crippen LogP contribution is -2.18. The van der Waals surface area contributed by atoms with E-state index in [2.05, 4.69) is 5.32 Å². The van der Waals surface area contributed by atoms with Crippen LogP contribution >= 0.6 is 23.2 Å². The number of halogens is 4. The zero-order valence-electron chi connectivity index (χ0n) is 15.5. The van der Waals surface area contributed by atoms with Crippen LogP contribution in [0.4, 0.5) is 14.5 Å². The molecule has 1 amide bonds. The summed E-state index contributed by atoms with van der Waals surface area (Å²) < 4.78 is 57.4. The number of ether oxygens (including phenoxy) is 1. The number of nitrogens with two attached hydrogens (primary N) is 1. The second-order valence-electron chi connectivity index (χ2n) is 6.35. The highest BCUT2D eigenvalue weighted by atomic mass is 35.5. The first kappa shape index (κ1) is 23.0. The quantitative estimate of drug-likeness (QED) is 0.517. The Morgan fingerprint density at radius 1 is 1.06 bits per heavy atom. The van der Waals surface area contributed by atoms with Gasteiger partial charge in [-0.15, -0.1) is 0 Å². The van der Waals surface area contributed by atoms with Crippen molar-refractivity contribution in [1.29, 1.82) is 0 Å². The molecule has 0 saturated carbocycles. The van der Waals surface area contributed by atoms with Crippen molar-refractivity contribution in [3.05, 3.63) is 81.8 Å². The monoisotopic (exact) mass is 486 g/mol. The van der Waals surface area contributed by atoms with Gasteiger partial charge in [0.2, 0.25) is 15.9 Å². The largest absolute Gasteiger partial charge is 0.453 e. The third kappa shape index (κ3) is 5.92. The van der Waals surface area contributed by atoms with Gasteiger partial charge >= 0.3 is 0 Å². The predicted molar refractivity (Wildman–Crippen MR) is 113 cm³/mol. The fourth-order valence-electron chi connectivity index (χ4n) is 2.66. The molecule has 0 bridgehead atoms. The highest BCUT2D eigenvalue weighted by molar-refractivity contribution is 7.89. The summed E-state index contributed by atoms with van der Waals surface area (Å²) >= 11 is 11.8. The fraction of sp³-hybridized carbons (Fsp3) is 0.0500. The second-order valence-corrected chi connectivity index (χ2v) is 8.72. The van der Waals surface area contributed by atoms with Gasteiger partial charge in [-0.2, -0.15) is 0 Å². The number of anilines is 1. The molecule has 11 heteroatoms. The van der Waals surface area contributed by atoms with Crippen LogP contribution in [0.1, 0.15) is 5.56 Å². The Morgan fingerprint density at radius 3 is 2.48 bits per heavy atom. The zero-order chi connectivity index (χ0) is 22.8. The summed E-state index contributed by atoms with van der Waals surface area (Å²) in [5, 5.41) is 7.98. The molecular weight excluding hydrogens is 473 g/mol. The lowest BCUT2D eigenvalue weighted by atomic mass is 10.1. The first-order valence-electron chi connectivity index (χ1n) is 8.56. The molecule has 0 saturated heterocycles. The topological polar surface area (TPSA) is 98.5 Å². The van der Waals surface area contributed by atoms with Gasteiger partial charge in [0.05, 0.1) is 6.42 Å². The van der Waals surface area contributed by atoms with E-state index in [1.54, 1.807) is 6.07 Å². The lowest BCUT2D eigenvalue weighted by molar-refractivity contribution is -0.115. The molecule has 0 heterocycles. The van der Waals surface area contributed by atoms with Gasteiger partial charge in [0.25, 0.3) is 0 Å². The third-order valence-corrected chi connectivity index (χ3v) is 5.49. The molecule has 0 unspecified atom stereocenters. The van der Waals surface area contributed by atoms with Gasteiger partial charge in [0.1, 0.15) is 16.5 Å². The van der Waals surface area contributed by atoms with Gasteiger partial charge in [0.15, 0.2) is 11.6 Å². The molecule has 3 aromatic rings. The molecular formula is C20H14Cl2F2N2O4S. The number of nitrogens with one attached hydrogen (secondary N) is 1. The van der Waals surface area contributed by atoms with Gasteiger partial charge in [-0.1, -0.05) is 29.3 Å². The summed E-state index contributed by atoms with van der Waals surface area (Å²) in [6, 6.07) is 11.2. The summed E-state index contributed by atoms with van der Waals surface area (Å²) in [6.45, 7) is 0. The van der Waals surface area contributed by atoms with Crippen LogP contribution in [0, 0.1) is 11.6 Å². The lowest BCUT2D eigenvalue weighted by Gasteiger charge is -2.14.